The Morgan fingerprint density at radius 2 is 1.89 bits per heavy atom. The predicted molar refractivity (Wildman–Crippen MR) is 67.3 cm³/mol. The number of aryl methyl sites for hydroxylation is 1. The van der Waals surface area contributed by atoms with Gasteiger partial charge < -0.3 is 5.11 Å². The summed E-state index contributed by atoms with van der Waals surface area (Å²) in [5, 5.41) is 12.2. The summed E-state index contributed by atoms with van der Waals surface area (Å²) in [4.78, 5) is 0. The van der Waals surface area contributed by atoms with Gasteiger partial charge in [0, 0.05) is 0 Å². The van der Waals surface area contributed by atoms with Gasteiger partial charge in [0.2, 0.25) is 0 Å². The number of rotatable bonds is 2. The van der Waals surface area contributed by atoms with Gasteiger partial charge in [-0.2, -0.15) is 0 Å². The van der Waals surface area contributed by atoms with Gasteiger partial charge in [-0.3, -0.25) is 0 Å². The largest absolute Gasteiger partial charge is 0.867 e. The molecule has 3 nitrogen and oxygen atoms in total. The smallest absolute Gasteiger partial charge is 0.278 e. The van der Waals surface area contributed by atoms with Crippen LogP contribution in [0.25, 0.3) is 5.65 Å². The Morgan fingerprint density at radius 3 is 2.67 bits per heavy atom. The first kappa shape index (κ1) is 10.8. The average Bonchev–Trinajstić information content (AvgIpc) is 2.79. The lowest BCUT2D eigenvalue weighted by atomic mass is 10.2. The van der Waals surface area contributed by atoms with Crippen molar-refractivity contribution in [3.05, 3.63) is 66.1 Å². The standard InChI is InChI=1S/C15H14N2O/c1-12-7-8-16-9-10-17(15(16)14(12)18)11-13-5-3-2-4-6-13/h2-10H,11H2,1H3. The normalized spacial score (nSPS) is 10.9. The monoisotopic (exact) mass is 238 g/mol. The molecule has 0 aliphatic rings. The first-order valence-corrected chi connectivity index (χ1v) is 5.96. The molecule has 0 amide bonds. The molecule has 90 valence electrons. The number of hydrogen-bond acceptors (Lipinski definition) is 1. The summed E-state index contributed by atoms with van der Waals surface area (Å²) in [6.45, 7) is 2.57. The third-order valence-corrected chi connectivity index (χ3v) is 3.17. The van der Waals surface area contributed by atoms with E-state index in [-0.39, 0.29) is 5.75 Å². The molecule has 0 aliphatic heterocycles. The van der Waals surface area contributed by atoms with Crippen LogP contribution in [0.5, 0.6) is 5.75 Å². The summed E-state index contributed by atoms with van der Waals surface area (Å²) in [7, 11) is 0. The van der Waals surface area contributed by atoms with Gasteiger partial charge in [0.1, 0.15) is 18.9 Å². The number of benzene rings is 1. The molecule has 0 saturated heterocycles. The topological polar surface area (TPSA) is 31.3 Å². The minimum Gasteiger partial charge on any atom is -0.867 e. The Balaban J connectivity index is 2.10. The predicted octanol–water partition coefficient (Wildman–Crippen LogP) is 1.66. The third kappa shape index (κ3) is 1.74. The lowest BCUT2D eigenvalue weighted by Gasteiger charge is -2.09. The van der Waals surface area contributed by atoms with Crippen molar-refractivity contribution in [1.82, 2.24) is 4.40 Å². The van der Waals surface area contributed by atoms with E-state index in [9.17, 15) is 5.11 Å². The highest BCUT2D eigenvalue weighted by molar-refractivity contribution is 5.51. The molecule has 2 aromatic heterocycles. The van der Waals surface area contributed by atoms with Crippen LogP contribution >= 0.6 is 0 Å². The SMILES string of the molecule is Cc1ccn2cc[n+](Cc3ccccc3)c2c1[O-]. The van der Waals surface area contributed by atoms with Crippen LogP contribution in [0.4, 0.5) is 0 Å². The fourth-order valence-corrected chi connectivity index (χ4v) is 2.16. The Bertz CT molecular complexity index is 686. The molecule has 0 atom stereocenters. The van der Waals surface area contributed by atoms with E-state index in [0.717, 1.165) is 17.8 Å². The van der Waals surface area contributed by atoms with Gasteiger partial charge in [0.25, 0.3) is 5.65 Å². The third-order valence-electron chi connectivity index (χ3n) is 3.17. The molecule has 18 heavy (non-hydrogen) atoms. The highest BCUT2D eigenvalue weighted by Gasteiger charge is 2.11. The first-order chi connectivity index (χ1) is 8.75. The van der Waals surface area contributed by atoms with E-state index in [4.69, 9.17) is 0 Å². The van der Waals surface area contributed by atoms with Crippen molar-refractivity contribution in [2.45, 2.75) is 13.5 Å². The van der Waals surface area contributed by atoms with Crippen molar-refractivity contribution in [3.8, 4) is 5.75 Å². The minimum absolute atomic E-state index is 0.0958. The van der Waals surface area contributed by atoms with Crippen molar-refractivity contribution in [3.63, 3.8) is 0 Å². The Labute approximate surface area is 106 Å². The Morgan fingerprint density at radius 1 is 1.11 bits per heavy atom. The highest BCUT2D eigenvalue weighted by Crippen LogP contribution is 2.17. The molecule has 1 aromatic carbocycles. The summed E-state index contributed by atoms with van der Waals surface area (Å²) >= 11 is 0. The molecular formula is C15H14N2O. The van der Waals surface area contributed by atoms with Gasteiger partial charge >= 0.3 is 0 Å². The fraction of sp³-hybridized carbons (Fsp3) is 0.133. The molecule has 3 aromatic rings. The average molecular weight is 238 g/mol. The van der Waals surface area contributed by atoms with E-state index in [1.165, 1.54) is 5.56 Å². The zero-order chi connectivity index (χ0) is 12.5. The van der Waals surface area contributed by atoms with Crippen LogP contribution in [0, 0.1) is 6.92 Å². The molecule has 0 N–H and O–H groups in total. The molecule has 0 aliphatic carbocycles. The molecule has 0 unspecified atom stereocenters. The van der Waals surface area contributed by atoms with Gasteiger partial charge in [-0.05, 0) is 29.9 Å². The quantitative estimate of drug-likeness (QED) is 0.625. The van der Waals surface area contributed by atoms with Gasteiger partial charge in [-0.1, -0.05) is 30.3 Å². The second-order valence-electron chi connectivity index (χ2n) is 4.47. The second-order valence-corrected chi connectivity index (χ2v) is 4.47. The lowest BCUT2D eigenvalue weighted by molar-refractivity contribution is -0.663. The maximum Gasteiger partial charge on any atom is 0.278 e. The van der Waals surface area contributed by atoms with Crippen LogP contribution in [0.2, 0.25) is 0 Å². The van der Waals surface area contributed by atoms with E-state index in [0.29, 0.717) is 0 Å². The van der Waals surface area contributed by atoms with Crippen molar-refractivity contribution in [2.75, 3.05) is 0 Å². The van der Waals surface area contributed by atoms with E-state index in [1.807, 2.05) is 58.7 Å². The molecule has 0 bridgehead atoms. The summed E-state index contributed by atoms with van der Waals surface area (Å²) in [5.74, 6) is 0.0958. The van der Waals surface area contributed by atoms with Crippen molar-refractivity contribution in [2.24, 2.45) is 0 Å². The number of imidazole rings is 1. The maximum absolute atomic E-state index is 12.2. The summed E-state index contributed by atoms with van der Waals surface area (Å²) < 4.78 is 3.86. The summed E-state index contributed by atoms with van der Waals surface area (Å²) in [6, 6.07) is 12.0. The van der Waals surface area contributed by atoms with Gasteiger partial charge in [0.15, 0.2) is 0 Å². The molecule has 3 heteroatoms. The van der Waals surface area contributed by atoms with Crippen molar-refractivity contribution in [1.29, 1.82) is 0 Å². The van der Waals surface area contributed by atoms with Gasteiger partial charge in [-0.25, -0.2) is 8.97 Å². The number of aromatic nitrogens is 2. The molecule has 0 saturated carbocycles. The van der Waals surface area contributed by atoms with Crippen LogP contribution in [0.3, 0.4) is 0 Å². The van der Waals surface area contributed by atoms with Gasteiger partial charge in [0.05, 0.1) is 6.20 Å². The molecule has 0 radical (unpaired) electrons. The van der Waals surface area contributed by atoms with E-state index in [2.05, 4.69) is 12.1 Å². The van der Waals surface area contributed by atoms with Crippen LogP contribution in [-0.4, -0.2) is 4.40 Å². The Hall–Kier alpha value is -2.29. The van der Waals surface area contributed by atoms with E-state index >= 15 is 0 Å². The highest BCUT2D eigenvalue weighted by atomic mass is 16.3. The number of hydrogen-bond donors (Lipinski definition) is 0. The summed E-state index contributed by atoms with van der Waals surface area (Å²) in [5.41, 5.74) is 2.69. The van der Waals surface area contributed by atoms with Crippen LogP contribution in [-0.2, 0) is 6.54 Å². The molecule has 0 fully saturated rings. The van der Waals surface area contributed by atoms with Gasteiger partial charge in [-0.15, -0.1) is 0 Å². The van der Waals surface area contributed by atoms with E-state index < -0.39 is 0 Å². The fourth-order valence-electron chi connectivity index (χ4n) is 2.16. The summed E-state index contributed by atoms with van der Waals surface area (Å²) in [6.07, 6.45) is 5.79. The van der Waals surface area contributed by atoms with Crippen LogP contribution in [0.1, 0.15) is 11.1 Å². The number of fused-ring (bicyclic) bond motifs is 1. The van der Waals surface area contributed by atoms with Crippen molar-refractivity contribution >= 4 is 5.65 Å². The molecule has 2 heterocycles. The maximum atomic E-state index is 12.2. The van der Waals surface area contributed by atoms with Crippen LogP contribution in [0.15, 0.2) is 55.0 Å². The lowest BCUT2D eigenvalue weighted by Crippen LogP contribution is -2.33. The number of pyridine rings is 1. The molecule has 3 rings (SSSR count). The molecular weight excluding hydrogens is 224 g/mol. The van der Waals surface area contributed by atoms with Crippen LogP contribution < -0.4 is 9.67 Å². The second kappa shape index (κ2) is 4.18. The Kier molecular flexibility index (Phi) is 2.52. The van der Waals surface area contributed by atoms with Crippen molar-refractivity contribution < 1.29 is 9.67 Å². The minimum atomic E-state index is 0.0958. The first-order valence-electron chi connectivity index (χ1n) is 5.96. The number of nitrogens with zero attached hydrogens (tertiary/aromatic N) is 2. The zero-order valence-electron chi connectivity index (χ0n) is 10.2. The molecule has 0 spiro atoms. The zero-order valence-corrected chi connectivity index (χ0v) is 10.2. The van der Waals surface area contributed by atoms with E-state index in [1.54, 1.807) is 0 Å².